The summed E-state index contributed by atoms with van der Waals surface area (Å²) < 4.78 is 14.9. The van der Waals surface area contributed by atoms with Gasteiger partial charge in [0.05, 0.1) is 11.6 Å². The molecule has 0 aliphatic carbocycles. The van der Waals surface area contributed by atoms with Crippen molar-refractivity contribution in [2.45, 2.75) is 53.1 Å². The molecule has 1 aromatic carbocycles. The zero-order valence-electron chi connectivity index (χ0n) is 19.3. The SMILES string of the molecule is CC(C)N1C[C@H](C(C)(C)C)n2cc(-c3nnc(Cc4ccc(F)cc4)s3)c(=O)c(O)c2C1=O. The molecule has 0 saturated heterocycles. The molecule has 33 heavy (non-hydrogen) atoms. The normalized spacial score (nSPS) is 16.4. The predicted octanol–water partition coefficient (Wildman–Crippen LogP) is 4.25. The number of amides is 1. The molecule has 1 aliphatic heterocycles. The van der Waals surface area contributed by atoms with Gasteiger partial charge in [-0.15, -0.1) is 10.2 Å². The molecule has 0 saturated carbocycles. The highest BCUT2D eigenvalue weighted by Gasteiger charge is 2.40. The van der Waals surface area contributed by atoms with Crippen LogP contribution in [0.5, 0.6) is 5.75 Å². The largest absolute Gasteiger partial charge is 0.503 e. The maximum absolute atomic E-state index is 13.2. The Bertz CT molecular complexity index is 1260. The average Bonchev–Trinajstić information content (AvgIpc) is 3.19. The van der Waals surface area contributed by atoms with Gasteiger partial charge in [-0.05, 0) is 37.0 Å². The van der Waals surface area contributed by atoms with Crippen molar-refractivity contribution in [3.05, 3.63) is 62.8 Å². The van der Waals surface area contributed by atoms with Gasteiger partial charge in [0, 0.05) is 25.2 Å². The van der Waals surface area contributed by atoms with Gasteiger partial charge in [-0.3, -0.25) is 9.59 Å². The van der Waals surface area contributed by atoms with Crippen molar-refractivity contribution in [1.82, 2.24) is 19.7 Å². The minimum atomic E-state index is -0.641. The first-order valence-corrected chi connectivity index (χ1v) is 11.6. The lowest BCUT2D eigenvalue weighted by atomic mass is 9.84. The summed E-state index contributed by atoms with van der Waals surface area (Å²) in [6.07, 6.45) is 2.08. The Hall–Kier alpha value is -3.07. The second-order valence-corrected chi connectivity index (χ2v) is 10.8. The highest BCUT2D eigenvalue weighted by molar-refractivity contribution is 7.14. The van der Waals surface area contributed by atoms with E-state index in [4.69, 9.17) is 0 Å². The van der Waals surface area contributed by atoms with E-state index in [0.29, 0.717) is 23.0 Å². The van der Waals surface area contributed by atoms with Crippen LogP contribution in [0.4, 0.5) is 4.39 Å². The molecular formula is C24H27FN4O3S. The number of fused-ring (bicyclic) bond motifs is 1. The van der Waals surface area contributed by atoms with Gasteiger partial charge in [0.15, 0.2) is 16.5 Å². The van der Waals surface area contributed by atoms with Crippen LogP contribution >= 0.6 is 11.3 Å². The second-order valence-electron chi connectivity index (χ2n) is 9.71. The van der Waals surface area contributed by atoms with Gasteiger partial charge in [0.25, 0.3) is 5.91 Å². The van der Waals surface area contributed by atoms with E-state index in [0.717, 1.165) is 5.56 Å². The fourth-order valence-corrected chi connectivity index (χ4v) is 4.95. The summed E-state index contributed by atoms with van der Waals surface area (Å²) in [5.74, 6) is -1.23. The highest BCUT2D eigenvalue weighted by atomic mass is 32.1. The van der Waals surface area contributed by atoms with Crippen LogP contribution in [0, 0.1) is 11.2 Å². The number of pyridine rings is 1. The lowest BCUT2D eigenvalue weighted by molar-refractivity contribution is 0.0502. The molecule has 0 unspecified atom stereocenters. The van der Waals surface area contributed by atoms with Crippen LogP contribution in [0.3, 0.4) is 0 Å². The molecular weight excluding hydrogens is 443 g/mol. The van der Waals surface area contributed by atoms with E-state index in [1.54, 1.807) is 27.8 Å². The molecule has 3 aromatic rings. The molecule has 1 atom stereocenters. The van der Waals surface area contributed by atoms with Crippen LogP contribution in [0.15, 0.2) is 35.3 Å². The first-order chi connectivity index (χ1) is 15.5. The van der Waals surface area contributed by atoms with Crippen molar-refractivity contribution in [1.29, 1.82) is 0 Å². The summed E-state index contributed by atoms with van der Waals surface area (Å²) in [6.45, 7) is 10.5. The number of benzene rings is 1. The maximum Gasteiger partial charge on any atom is 0.274 e. The topological polar surface area (TPSA) is 88.3 Å². The monoisotopic (exact) mass is 470 g/mol. The van der Waals surface area contributed by atoms with Gasteiger partial charge < -0.3 is 14.6 Å². The van der Waals surface area contributed by atoms with E-state index in [1.165, 1.54) is 23.5 Å². The number of halogens is 1. The fraction of sp³-hybridized carbons (Fsp3) is 0.417. The third-order valence-corrected chi connectivity index (χ3v) is 6.92. The molecule has 3 heterocycles. The van der Waals surface area contributed by atoms with E-state index in [1.807, 2.05) is 13.8 Å². The van der Waals surface area contributed by atoms with Crippen molar-refractivity contribution >= 4 is 17.2 Å². The van der Waals surface area contributed by atoms with Gasteiger partial charge >= 0.3 is 0 Å². The Morgan fingerprint density at radius 3 is 2.45 bits per heavy atom. The standard InChI is InChI=1S/C24H27FN4O3S/c1-13(2)28-12-17(24(3,4)5)29-11-16(20(30)21(31)19(29)23(28)32)22-27-26-18(33-22)10-14-6-8-15(25)9-7-14/h6-9,11,13,17,31H,10,12H2,1-5H3/t17-/m1/s1. The van der Waals surface area contributed by atoms with Crippen molar-refractivity contribution in [2.75, 3.05) is 6.54 Å². The minimum Gasteiger partial charge on any atom is -0.503 e. The molecule has 0 bridgehead atoms. The van der Waals surface area contributed by atoms with Gasteiger partial charge in [0.2, 0.25) is 5.43 Å². The Morgan fingerprint density at radius 1 is 1.18 bits per heavy atom. The van der Waals surface area contributed by atoms with E-state index < -0.39 is 11.2 Å². The van der Waals surface area contributed by atoms with Gasteiger partial charge in [-0.2, -0.15) is 0 Å². The first-order valence-electron chi connectivity index (χ1n) is 10.8. The molecule has 1 aliphatic rings. The number of nitrogens with zero attached hydrogens (tertiary/aromatic N) is 4. The Balaban J connectivity index is 1.79. The summed E-state index contributed by atoms with van der Waals surface area (Å²) in [5.41, 5.74) is 0.212. The lowest BCUT2D eigenvalue weighted by Gasteiger charge is -2.44. The Kier molecular flexibility index (Phi) is 5.86. The summed E-state index contributed by atoms with van der Waals surface area (Å²) in [6, 6.07) is 5.91. The van der Waals surface area contributed by atoms with E-state index >= 15 is 0 Å². The maximum atomic E-state index is 13.2. The average molecular weight is 471 g/mol. The molecule has 0 fully saturated rings. The van der Waals surface area contributed by atoms with E-state index in [2.05, 4.69) is 31.0 Å². The zero-order chi connectivity index (χ0) is 24.1. The lowest BCUT2D eigenvalue weighted by Crippen LogP contribution is -2.50. The molecule has 174 valence electrons. The molecule has 0 radical (unpaired) electrons. The van der Waals surface area contributed by atoms with Crippen LogP contribution in [-0.2, 0) is 6.42 Å². The number of carbonyl (C=O) groups is 1. The molecule has 2 aromatic heterocycles. The van der Waals surface area contributed by atoms with Crippen molar-refractivity contribution in [3.8, 4) is 16.3 Å². The van der Waals surface area contributed by atoms with Crippen LogP contribution in [-0.4, -0.2) is 43.3 Å². The molecule has 1 N–H and O–H groups in total. The number of carbonyl (C=O) groups excluding carboxylic acids is 1. The smallest absolute Gasteiger partial charge is 0.274 e. The minimum absolute atomic E-state index is 0.0136. The van der Waals surface area contributed by atoms with E-state index in [9.17, 15) is 19.1 Å². The molecule has 7 nitrogen and oxygen atoms in total. The number of aromatic nitrogens is 3. The summed E-state index contributed by atoms with van der Waals surface area (Å²) in [7, 11) is 0. The van der Waals surface area contributed by atoms with Gasteiger partial charge in [-0.1, -0.05) is 44.2 Å². The summed E-state index contributed by atoms with van der Waals surface area (Å²) >= 11 is 1.24. The molecule has 9 heteroatoms. The third-order valence-electron chi connectivity index (χ3n) is 5.97. The van der Waals surface area contributed by atoms with Gasteiger partial charge in [0.1, 0.15) is 10.8 Å². The number of hydrogen-bond acceptors (Lipinski definition) is 6. The summed E-state index contributed by atoms with van der Waals surface area (Å²) in [5, 5.41) is 20.2. The predicted molar refractivity (Wildman–Crippen MR) is 125 cm³/mol. The Morgan fingerprint density at radius 2 is 1.85 bits per heavy atom. The summed E-state index contributed by atoms with van der Waals surface area (Å²) in [4.78, 5) is 27.9. The molecule has 0 spiro atoms. The zero-order valence-corrected chi connectivity index (χ0v) is 20.1. The van der Waals surface area contributed by atoms with Crippen LogP contribution in [0.25, 0.3) is 10.6 Å². The number of rotatable bonds is 4. The van der Waals surface area contributed by atoms with Crippen molar-refractivity contribution in [2.24, 2.45) is 5.41 Å². The van der Waals surface area contributed by atoms with Crippen molar-refractivity contribution < 1.29 is 14.3 Å². The third kappa shape index (κ3) is 4.29. The van der Waals surface area contributed by atoms with Crippen molar-refractivity contribution in [3.63, 3.8) is 0 Å². The van der Waals surface area contributed by atoms with Gasteiger partial charge in [-0.25, -0.2) is 4.39 Å². The number of aromatic hydroxyl groups is 1. The highest BCUT2D eigenvalue weighted by Crippen LogP contribution is 2.39. The van der Waals surface area contributed by atoms with Crippen LogP contribution in [0.1, 0.15) is 61.7 Å². The number of hydrogen-bond donors (Lipinski definition) is 1. The quantitative estimate of drug-likeness (QED) is 0.616. The Labute approximate surface area is 195 Å². The van der Waals surface area contributed by atoms with E-state index in [-0.39, 0.29) is 40.5 Å². The van der Waals surface area contributed by atoms with Crippen LogP contribution in [0.2, 0.25) is 0 Å². The first kappa shape index (κ1) is 23.1. The second kappa shape index (κ2) is 8.37. The fourth-order valence-electron chi connectivity index (χ4n) is 4.07. The molecule has 1 amide bonds. The molecule has 4 rings (SSSR count). The van der Waals surface area contributed by atoms with Crippen LogP contribution < -0.4 is 5.43 Å².